The third-order valence-corrected chi connectivity index (χ3v) is 3.40. The highest BCUT2D eigenvalue weighted by atomic mass is 16.7. The van der Waals surface area contributed by atoms with E-state index in [2.05, 4.69) is 0 Å². The van der Waals surface area contributed by atoms with Gasteiger partial charge in [-0.15, -0.1) is 0 Å². The van der Waals surface area contributed by atoms with Crippen LogP contribution >= 0.6 is 0 Å². The fraction of sp³-hybridized carbons (Fsp3) is 0.316. The summed E-state index contributed by atoms with van der Waals surface area (Å²) in [6.07, 6.45) is 0. The molecule has 0 spiro atoms. The van der Waals surface area contributed by atoms with Gasteiger partial charge in [-0.25, -0.2) is 0 Å². The third-order valence-electron chi connectivity index (χ3n) is 3.40. The Bertz CT molecular complexity index is 747. The molecule has 0 saturated heterocycles. The minimum Gasteiger partial charge on any atom is -0.489 e. The van der Waals surface area contributed by atoms with Crippen LogP contribution in [0.5, 0.6) is 11.5 Å². The topological polar surface area (TPSA) is 87.9 Å². The maximum atomic E-state index is 11.6. The number of nitrogens with zero attached hydrogens (tertiary/aromatic N) is 1. The van der Waals surface area contributed by atoms with Crippen LogP contribution in [0.1, 0.15) is 26.3 Å². The van der Waals surface area contributed by atoms with Crippen molar-refractivity contribution in [3.05, 3.63) is 64.2 Å². The Hall–Kier alpha value is -3.09. The summed E-state index contributed by atoms with van der Waals surface area (Å²) < 4.78 is 16.0. The van der Waals surface area contributed by atoms with Crippen molar-refractivity contribution >= 4 is 11.7 Å². The lowest BCUT2D eigenvalue weighted by molar-refractivity contribution is -0.384. The summed E-state index contributed by atoms with van der Waals surface area (Å²) in [5, 5.41) is 10.6. The molecule has 0 heterocycles. The SMILES string of the molecule is CC(C)(C)C(=O)OCOc1ccc(COc2ccc([N+](=O)[O-])cc2)cc1. The fourth-order valence-electron chi connectivity index (χ4n) is 1.88. The Morgan fingerprint density at radius 1 is 0.962 bits per heavy atom. The number of rotatable bonds is 7. The van der Waals surface area contributed by atoms with Crippen molar-refractivity contribution in [3.63, 3.8) is 0 Å². The number of hydrogen-bond donors (Lipinski definition) is 0. The van der Waals surface area contributed by atoms with Crippen LogP contribution in [0.4, 0.5) is 5.69 Å². The maximum absolute atomic E-state index is 11.6. The Balaban J connectivity index is 1.80. The molecule has 0 saturated carbocycles. The van der Waals surface area contributed by atoms with E-state index < -0.39 is 10.3 Å². The van der Waals surface area contributed by atoms with Gasteiger partial charge in [-0.2, -0.15) is 0 Å². The second kappa shape index (κ2) is 8.33. The normalized spacial score (nSPS) is 10.9. The minimum absolute atomic E-state index is 0.0195. The van der Waals surface area contributed by atoms with E-state index in [1.165, 1.54) is 12.1 Å². The van der Waals surface area contributed by atoms with Crippen LogP contribution in [0.25, 0.3) is 0 Å². The first-order valence-electron chi connectivity index (χ1n) is 8.02. The Morgan fingerprint density at radius 3 is 2.04 bits per heavy atom. The number of carbonyl (C=O) groups is 1. The second-order valence-corrected chi connectivity index (χ2v) is 6.63. The van der Waals surface area contributed by atoms with Gasteiger partial charge in [0.25, 0.3) is 5.69 Å². The first-order valence-corrected chi connectivity index (χ1v) is 8.02. The molecular formula is C19H21NO6. The van der Waals surface area contributed by atoms with Gasteiger partial charge in [0.1, 0.15) is 18.1 Å². The zero-order chi connectivity index (χ0) is 19.2. The van der Waals surface area contributed by atoms with Crippen molar-refractivity contribution in [2.75, 3.05) is 6.79 Å². The van der Waals surface area contributed by atoms with Gasteiger partial charge in [0.05, 0.1) is 10.3 Å². The monoisotopic (exact) mass is 359 g/mol. The van der Waals surface area contributed by atoms with E-state index in [-0.39, 0.29) is 18.4 Å². The van der Waals surface area contributed by atoms with E-state index in [4.69, 9.17) is 14.2 Å². The molecule has 0 aromatic heterocycles. The third kappa shape index (κ3) is 5.77. The molecule has 138 valence electrons. The maximum Gasteiger partial charge on any atom is 0.314 e. The molecule has 2 aromatic carbocycles. The van der Waals surface area contributed by atoms with E-state index in [9.17, 15) is 14.9 Å². The smallest absolute Gasteiger partial charge is 0.314 e. The molecule has 7 heteroatoms. The van der Waals surface area contributed by atoms with Gasteiger partial charge in [0.2, 0.25) is 6.79 Å². The minimum atomic E-state index is -0.567. The van der Waals surface area contributed by atoms with E-state index in [1.807, 2.05) is 12.1 Å². The largest absolute Gasteiger partial charge is 0.489 e. The number of hydrogen-bond acceptors (Lipinski definition) is 6. The molecule has 0 N–H and O–H groups in total. The van der Waals surface area contributed by atoms with Crippen LogP contribution in [-0.4, -0.2) is 17.7 Å². The summed E-state index contributed by atoms with van der Waals surface area (Å²) >= 11 is 0. The number of non-ortho nitro benzene ring substituents is 1. The highest BCUT2D eigenvalue weighted by Gasteiger charge is 2.22. The van der Waals surface area contributed by atoms with Gasteiger partial charge in [0, 0.05) is 12.1 Å². The quantitative estimate of drug-likeness (QED) is 0.320. The number of nitro groups is 1. The fourth-order valence-corrected chi connectivity index (χ4v) is 1.88. The van der Waals surface area contributed by atoms with Crippen molar-refractivity contribution in [3.8, 4) is 11.5 Å². The molecule has 0 aliphatic rings. The number of ether oxygens (including phenoxy) is 3. The van der Waals surface area contributed by atoms with E-state index in [0.29, 0.717) is 18.1 Å². The van der Waals surface area contributed by atoms with Crippen molar-refractivity contribution in [1.82, 2.24) is 0 Å². The first kappa shape index (κ1) is 19.2. The second-order valence-electron chi connectivity index (χ2n) is 6.63. The average Bonchev–Trinajstić information content (AvgIpc) is 2.60. The first-order chi connectivity index (χ1) is 12.3. The van der Waals surface area contributed by atoms with Gasteiger partial charge >= 0.3 is 5.97 Å². The lowest BCUT2D eigenvalue weighted by Crippen LogP contribution is -2.24. The molecule has 7 nitrogen and oxygen atoms in total. The lowest BCUT2D eigenvalue weighted by atomic mass is 9.98. The van der Waals surface area contributed by atoms with Gasteiger partial charge in [0.15, 0.2) is 0 Å². The van der Waals surface area contributed by atoms with E-state index >= 15 is 0 Å². The van der Waals surface area contributed by atoms with Crippen molar-refractivity contribution < 1.29 is 23.9 Å². The zero-order valence-electron chi connectivity index (χ0n) is 14.9. The molecule has 0 amide bonds. The molecule has 0 radical (unpaired) electrons. The predicted octanol–water partition coefficient (Wildman–Crippen LogP) is 4.10. The summed E-state index contributed by atoms with van der Waals surface area (Å²) in [6, 6.07) is 13.0. The van der Waals surface area contributed by atoms with Gasteiger partial charge in [-0.1, -0.05) is 12.1 Å². The molecule has 0 atom stereocenters. The molecule has 0 unspecified atom stereocenters. The van der Waals surface area contributed by atoms with Crippen LogP contribution < -0.4 is 9.47 Å². The predicted molar refractivity (Wildman–Crippen MR) is 94.9 cm³/mol. The summed E-state index contributed by atoms with van der Waals surface area (Å²) in [5.74, 6) is 0.793. The van der Waals surface area contributed by atoms with E-state index in [0.717, 1.165) is 5.56 Å². The molecule has 0 bridgehead atoms. The summed E-state index contributed by atoms with van der Waals surface area (Å²) in [4.78, 5) is 21.8. The molecule has 0 aliphatic carbocycles. The van der Waals surface area contributed by atoms with E-state index in [1.54, 1.807) is 45.0 Å². The van der Waals surface area contributed by atoms with Crippen molar-refractivity contribution in [2.24, 2.45) is 5.41 Å². The van der Waals surface area contributed by atoms with Crippen LogP contribution in [0.2, 0.25) is 0 Å². The molecule has 2 rings (SSSR count). The Morgan fingerprint density at radius 2 is 1.50 bits per heavy atom. The number of carbonyl (C=O) groups excluding carboxylic acids is 1. The molecule has 0 aliphatic heterocycles. The zero-order valence-corrected chi connectivity index (χ0v) is 14.9. The highest BCUT2D eigenvalue weighted by molar-refractivity contribution is 5.75. The molecule has 2 aromatic rings. The van der Waals surface area contributed by atoms with Crippen LogP contribution in [0.15, 0.2) is 48.5 Å². The average molecular weight is 359 g/mol. The summed E-state index contributed by atoms with van der Waals surface area (Å²) in [7, 11) is 0. The molecular weight excluding hydrogens is 338 g/mol. The van der Waals surface area contributed by atoms with Crippen LogP contribution in [0, 0.1) is 15.5 Å². The summed E-state index contributed by atoms with van der Waals surface area (Å²) in [5.41, 5.74) is 0.357. The van der Waals surface area contributed by atoms with Gasteiger partial charge in [-0.3, -0.25) is 14.9 Å². The molecule has 0 fully saturated rings. The van der Waals surface area contributed by atoms with Crippen LogP contribution in [-0.2, 0) is 16.1 Å². The number of nitro benzene ring substituents is 1. The number of esters is 1. The van der Waals surface area contributed by atoms with Crippen molar-refractivity contribution in [2.45, 2.75) is 27.4 Å². The van der Waals surface area contributed by atoms with Crippen molar-refractivity contribution in [1.29, 1.82) is 0 Å². The Labute approximate surface area is 151 Å². The standard InChI is InChI=1S/C19H21NO6/c1-19(2,3)18(21)26-13-25-17-8-4-14(5-9-17)12-24-16-10-6-15(7-11-16)20(22)23/h4-11H,12-13H2,1-3H3. The number of benzene rings is 2. The lowest BCUT2D eigenvalue weighted by Gasteiger charge is -2.16. The Kier molecular flexibility index (Phi) is 6.16. The highest BCUT2D eigenvalue weighted by Crippen LogP contribution is 2.20. The summed E-state index contributed by atoms with van der Waals surface area (Å²) in [6.45, 7) is 5.49. The molecule has 26 heavy (non-hydrogen) atoms. The van der Waals surface area contributed by atoms with Gasteiger partial charge in [-0.05, 0) is 50.6 Å². The van der Waals surface area contributed by atoms with Crippen LogP contribution in [0.3, 0.4) is 0 Å². The van der Waals surface area contributed by atoms with Gasteiger partial charge < -0.3 is 14.2 Å².